The monoisotopic (exact) mass is 326 g/mol. The van der Waals surface area contributed by atoms with Gasteiger partial charge in [-0.1, -0.05) is 29.5 Å². The Morgan fingerprint density at radius 2 is 1.20 bits per heavy atom. The molecule has 0 spiro atoms. The van der Waals surface area contributed by atoms with Gasteiger partial charge in [0.2, 0.25) is 17.2 Å². The van der Waals surface area contributed by atoms with Crippen LogP contribution in [0.25, 0.3) is 0 Å². The van der Waals surface area contributed by atoms with Gasteiger partial charge < -0.3 is 25.5 Å². The van der Waals surface area contributed by atoms with Crippen LogP contribution < -0.4 is 0 Å². The highest BCUT2D eigenvalue weighted by Gasteiger charge is 2.25. The molecule has 1 atom stereocenters. The summed E-state index contributed by atoms with van der Waals surface area (Å²) in [4.78, 5) is 0. The second-order valence-corrected chi connectivity index (χ2v) is 4.09. The first-order chi connectivity index (χ1) is 6.91. The van der Waals surface area contributed by atoms with Gasteiger partial charge in [-0.3, -0.25) is 0 Å². The van der Waals surface area contributed by atoms with Gasteiger partial charge in [0.25, 0.3) is 0 Å². The van der Waals surface area contributed by atoms with Crippen LogP contribution in [0.15, 0.2) is 0 Å². The third kappa shape index (κ3) is 1.85. The van der Waals surface area contributed by atoms with E-state index >= 15 is 0 Å². The molecule has 5 nitrogen and oxygen atoms in total. The molecule has 15 heavy (non-hydrogen) atoms. The molecule has 0 bridgehead atoms. The topological polar surface area (TPSA) is 101 Å². The van der Waals surface area contributed by atoms with Crippen molar-refractivity contribution in [3.05, 3.63) is 5.56 Å². The molecule has 0 amide bonds. The van der Waals surface area contributed by atoms with E-state index in [0.29, 0.717) is 4.43 Å². The lowest BCUT2D eigenvalue weighted by Gasteiger charge is -2.15. The maximum Gasteiger partial charge on any atom is 0.208 e. The van der Waals surface area contributed by atoms with E-state index in [0.717, 1.165) is 0 Å². The Bertz CT molecular complexity index is 362. The predicted octanol–water partition coefficient (Wildman–Crippen LogP) is 1.75. The van der Waals surface area contributed by atoms with E-state index in [2.05, 4.69) is 0 Å². The van der Waals surface area contributed by atoms with E-state index in [1.165, 1.54) is 0 Å². The minimum Gasteiger partial charge on any atom is -0.504 e. The number of alkyl halides is 1. The van der Waals surface area contributed by atoms with Crippen LogP contribution in [-0.4, -0.2) is 30.0 Å². The quantitative estimate of drug-likeness (QED) is 0.247. The number of aromatic hydroxyl groups is 5. The Balaban J connectivity index is 3.52. The second-order valence-electron chi connectivity index (χ2n) is 3.21. The Labute approximate surface area is 99.8 Å². The first kappa shape index (κ1) is 12.0. The van der Waals surface area contributed by atoms with Gasteiger partial charge in [-0.05, 0) is 5.92 Å². The number of hydrogen-bond acceptors (Lipinski definition) is 5. The molecule has 0 fully saturated rings. The van der Waals surface area contributed by atoms with Crippen molar-refractivity contribution in [3.63, 3.8) is 0 Å². The van der Waals surface area contributed by atoms with E-state index < -0.39 is 28.7 Å². The Morgan fingerprint density at radius 1 is 0.867 bits per heavy atom. The molecule has 1 aromatic rings. The first-order valence-electron chi connectivity index (χ1n) is 4.16. The summed E-state index contributed by atoms with van der Waals surface area (Å²) < 4.78 is 0.572. The largest absolute Gasteiger partial charge is 0.504 e. The summed E-state index contributed by atoms with van der Waals surface area (Å²) >= 11 is 2.03. The molecule has 1 rings (SSSR count). The van der Waals surface area contributed by atoms with Crippen molar-refractivity contribution in [1.29, 1.82) is 0 Å². The van der Waals surface area contributed by atoms with Crippen LogP contribution in [0, 0.1) is 0 Å². The highest BCUT2D eigenvalue weighted by atomic mass is 127. The van der Waals surface area contributed by atoms with Gasteiger partial charge in [0, 0.05) is 9.99 Å². The molecule has 0 saturated carbocycles. The minimum absolute atomic E-state index is 0.0252. The first-order valence-corrected chi connectivity index (χ1v) is 5.69. The molecule has 6 heteroatoms. The molecule has 0 aliphatic carbocycles. The van der Waals surface area contributed by atoms with Gasteiger partial charge in [0.15, 0.2) is 11.5 Å². The molecule has 0 radical (unpaired) electrons. The van der Waals surface area contributed by atoms with Crippen LogP contribution in [0.5, 0.6) is 28.7 Å². The number of phenols is 5. The van der Waals surface area contributed by atoms with Gasteiger partial charge in [0.1, 0.15) is 0 Å². The molecule has 0 aromatic heterocycles. The predicted molar refractivity (Wildman–Crippen MR) is 62.1 cm³/mol. The summed E-state index contributed by atoms with van der Waals surface area (Å²) in [6, 6.07) is 0. The summed E-state index contributed by atoms with van der Waals surface area (Å²) in [6.45, 7) is 1.71. The van der Waals surface area contributed by atoms with E-state index in [9.17, 15) is 20.4 Å². The zero-order chi connectivity index (χ0) is 11.7. The molecule has 0 aliphatic heterocycles. The summed E-state index contributed by atoms with van der Waals surface area (Å²) in [6.07, 6.45) is 0. The van der Waals surface area contributed by atoms with Crippen LogP contribution >= 0.6 is 22.6 Å². The summed E-state index contributed by atoms with van der Waals surface area (Å²) in [5.41, 5.74) is 0.0252. The molecule has 5 N–H and O–H groups in total. The summed E-state index contributed by atoms with van der Waals surface area (Å²) in [5, 5.41) is 46.7. The van der Waals surface area contributed by atoms with Crippen LogP contribution in [0.2, 0.25) is 0 Å². The zero-order valence-electron chi connectivity index (χ0n) is 7.90. The number of benzene rings is 1. The van der Waals surface area contributed by atoms with Crippen molar-refractivity contribution in [1.82, 2.24) is 0 Å². The van der Waals surface area contributed by atoms with Gasteiger partial charge in [-0.2, -0.15) is 0 Å². The van der Waals surface area contributed by atoms with Gasteiger partial charge >= 0.3 is 0 Å². The average Bonchev–Trinajstić information content (AvgIpc) is 2.23. The molecular weight excluding hydrogens is 315 g/mol. The molecule has 0 saturated heterocycles. The van der Waals surface area contributed by atoms with Gasteiger partial charge in [-0.15, -0.1) is 0 Å². The van der Waals surface area contributed by atoms with Crippen LogP contribution in [-0.2, 0) is 0 Å². The van der Waals surface area contributed by atoms with Crippen molar-refractivity contribution in [2.45, 2.75) is 12.8 Å². The number of hydrogen-bond donors (Lipinski definition) is 5. The van der Waals surface area contributed by atoms with Gasteiger partial charge in [-0.25, -0.2) is 0 Å². The Hall–Kier alpha value is -1.05. The highest BCUT2D eigenvalue weighted by molar-refractivity contribution is 14.1. The third-order valence-electron chi connectivity index (χ3n) is 2.13. The van der Waals surface area contributed by atoms with Crippen molar-refractivity contribution in [3.8, 4) is 28.7 Å². The number of phenolic OH excluding ortho intramolecular Hbond substituents is 5. The lowest BCUT2D eigenvalue weighted by Crippen LogP contribution is -1.96. The zero-order valence-corrected chi connectivity index (χ0v) is 10.1. The molecular formula is C9H11IO5. The number of halogens is 1. The van der Waals surface area contributed by atoms with E-state index in [4.69, 9.17) is 5.11 Å². The molecule has 0 heterocycles. The SMILES string of the molecule is CC(CI)c1c(O)c(O)c(O)c(O)c1O. The molecule has 84 valence electrons. The van der Waals surface area contributed by atoms with E-state index in [1.54, 1.807) is 6.92 Å². The molecule has 1 aromatic carbocycles. The average molecular weight is 326 g/mol. The lowest BCUT2D eigenvalue weighted by molar-refractivity contribution is 0.322. The van der Waals surface area contributed by atoms with Crippen molar-refractivity contribution < 1.29 is 25.5 Å². The van der Waals surface area contributed by atoms with Crippen LogP contribution in [0.1, 0.15) is 18.4 Å². The maximum atomic E-state index is 9.50. The fourth-order valence-electron chi connectivity index (χ4n) is 1.25. The van der Waals surface area contributed by atoms with E-state index in [-0.39, 0.29) is 11.5 Å². The normalized spacial score (nSPS) is 12.7. The van der Waals surface area contributed by atoms with Crippen LogP contribution in [0.4, 0.5) is 0 Å². The Morgan fingerprint density at radius 3 is 1.53 bits per heavy atom. The number of rotatable bonds is 2. The van der Waals surface area contributed by atoms with Crippen LogP contribution in [0.3, 0.4) is 0 Å². The van der Waals surface area contributed by atoms with Crippen molar-refractivity contribution in [2.24, 2.45) is 0 Å². The van der Waals surface area contributed by atoms with E-state index in [1.807, 2.05) is 22.6 Å². The molecule has 0 aliphatic rings. The lowest BCUT2D eigenvalue weighted by atomic mass is 9.99. The third-order valence-corrected chi connectivity index (χ3v) is 3.45. The van der Waals surface area contributed by atoms with Gasteiger partial charge in [0.05, 0.1) is 0 Å². The second kappa shape index (κ2) is 4.21. The molecule has 1 unspecified atom stereocenters. The smallest absolute Gasteiger partial charge is 0.208 e. The van der Waals surface area contributed by atoms with Crippen molar-refractivity contribution >= 4 is 22.6 Å². The summed E-state index contributed by atoms with van der Waals surface area (Å²) in [7, 11) is 0. The fraction of sp³-hybridized carbons (Fsp3) is 0.333. The minimum atomic E-state index is -0.922. The maximum absolute atomic E-state index is 9.50. The standard InChI is InChI=1S/C9H11IO5/c1-3(2-10)4-5(11)7(13)9(15)8(14)6(4)12/h3,11-15H,2H2,1H3. The fourth-order valence-corrected chi connectivity index (χ4v) is 1.69. The van der Waals surface area contributed by atoms with Crippen molar-refractivity contribution in [2.75, 3.05) is 4.43 Å². The summed E-state index contributed by atoms with van der Waals surface area (Å²) in [5.74, 6) is -4.04. The highest BCUT2D eigenvalue weighted by Crippen LogP contribution is 2.53. The Kier molecular flexibility index (Phi) is 3.38.